The lowest BCUT2D eigenvalue weighted by Gasteiger charge is -2.21. The van der Waals surface area contributed by atoms with Gasteiger partial charge >= 0.3 is 24.1 Å². The van der Waals surface area contributed by atoms with Crippen molar-refractivity contribution in [2.45, 2.75) is 212 Å². The number of carbonyl (C=O) groups excluding carboxylic acids is 3. The van der Waals surface area contributed by atoms with Crippen LogP contribution in [-0.4, -0.2) is 110 Å². The number of amides is 3. The van der Waals surface area contributed by atoms with Gasteiger partial charge in [0.15, 0.2) is 0 Å². The van der Waals surface area contributed by atoms with Crippen molar-refractivity contribution in [3.63, 3.8) is 0 Å². The molecule has 15 heteroatoms. The third kappa shape index (κ3) is 32.1. The van der Waals surface area contributed by atoms with Crippen LogP contribution >= 0.6 is 11.8 Å². The van der Waals surface area contributed by atoms with E-state index in [0.29, 0.717) is 64.0 Å². The topological polar surface area (TPSA) is 199 Å². The molecule has 2 aromatic rings. The standard InChI is InChI=1S/C60H97N3O11S/c1-60(2,3)74-58(69)62-40-30-44-72-42-28-27-41-71-43-29-39-61-57(68)54(63-59(70)73-45-53-51-35-25-23-33-49(51)50-34-24-26-36-52(50)53)47-75-46-48(32-20-16-12-8-6-10-14-18-22-38-56(66)67)31-19-15-11-7-4-5-9-13-17-21-37-55(64)65/h23-26,33-36,48,53-54H,4-22,27-32,37-47H2,1-3H3,(H,61,68)(H,62,69)(H,63,70)(H,64,65)(H,66,67)/t48-,54+/m1/s1. The summed E-state index contributed by atoms with van der Waals surface area (Å²) in [5.74, 6) is 0.139. The summed E-state index contributed by atoms with van der Waals surface area (Å²) in [6.45, 7) is 8.85. The highest BCUT2D eigenvalue weighted by Gasteiger charge is 2.30. The van der Waals surface area contributed by atoms with Gasteiger partial charge in [-0.1, -0.05) is 158 Å². The summed E-state index contributed by atoms with van der Waals surface area (Å²) < 4.78 is 22.7. The Balaban J connectivity index is 1.47. The predicted molar refractivity (Wildman–Crippen MR) is 302 cm³/mol. The number of nitrogens with one attached hydrogen (secondary N) is 3. The van der Waals surface area contributed by atoms with Crippen LogP contribution in [0.3, 0.4) is 0 Å². The number of ether oxygens (including phenoxy) is 4. The maximum Gasteiger partial charge on any atom is 0.407 e. The fourth-order valence-electron chi connectivity index (χ4n) is 9.50. The fourth-order valence-corrected chi connectivity index (χ4v) is 10.8. The molecule has 0 aromatic heterocycles. The van der Waals surface area contributed by atoms with E-state index in [2.05, 4.69) is 40.2 Å². The number of carboxylic acids is 2. The van der Waals surface area contributed by atoms with Crippen LogP contribution in [0.25, 0.3) is 11.1 Å². The van der Waals surface area contributed by atoms with E-state index in [0.717, 1.165) is 98.6 Å². The molecule has 75 heavy (non-hydrogen) atoms. The van der Waals surface area contributed by atoms with Crippen molar-refractivity contribution < 1.29 is 53.1 Å². The Labute approximate surface area is 455 Å². The zero-order valence-electron chi connectivity index (χ0n) is 46.3. The molecule has 2 aromatic carbocycles. The summed E-state index contributed by atoms with van der Waals surface area (Å²) in [6.07, 6.45) is 26.2. The second-order valence-corrected chi connectivity index (χ2v) is 22.4. The summed E-state index contributed by atoms with van der Waals surface area (Å²) >= 11 is 1.74. The molecule has 0 spiro atoms. The van der Waals surface area contributed by atoms with Gasteiger partial charge < -0.3 is 45.1 Å². The Hall–Kier alpha value is -4.34. The molecule has 5 N–H and O–H groups in total. The zero-order chi connectivity index (χ0) is 54.2. The Kier molecular flexibility index (Phi) is 35.4. The number of hydrogen-bond acceptors (Lipinski definition) is 10. The summed E-state index contributed by atoms with van der Waals surface area (Å²) in [7, 11) is 0. The molecule has 0 aliphatic heterocycles. The van der Waals surface area contributed by atoms with Crippen molar-refractivity contribution in [2.75, 3.05) is 57.6 Å². The number of aliphatic carboxylic acids is 2. The number of thioether (sulfide) groups is 1. The van der Waals surface area contributed by atoms with E-state index in [1.54, 1.807) is 11.8 Å². The second-order valence-electron chi connectivity index (χ2n) is 21.4. The molecule has 0 unspecified atom stereocenters. The average molecular weight is 1070 g/mol. The van der Waals surface area contributed by atoms with Gasteiger partial charge in [0.05, 0.1) is 0 Å². The first-order valence-corrected chi connectivity index (χ1v) is 30.0. The molecule has 14 nitrogen and oxygen atoms in total. The van der Waals surface area contributed by atoms with Crippen molar-refractivity contribution in [1.29, 1.82) is 0 Å². The molecule has 0 fully saturated rings. The number of carboxylic acid groups (broad SMARTS) is 2. The molecular weight excluding hydrogens is 971 g/mol. The van der Waals surface area contributed by atoms with Gasteiger partial charge in [-0.25, -0.2) is 9.59 Å². The van der Waals surface area contributed by atoms with E-state index in [1.165, 1.54) is 77.0 Å². The van der Waals surface area contributed by atoms with Gasteiger partial charge in [0.2, 0.25) is 5.91 Å². The Morgan fingerprint density at radius 3 is 1.43 bits per heavy atom. The molecule has 424 valence electrons. The van der Waals surface area contributed by atoms with Crippen LogP contribution in [0.2, 0.25) is 0 Å². The predicted octanol–water partition coefficient (Wildman–Crippen LogP) is 13.6. The van der Waals surface area contributed by atoms with Crippen LogP contribution in [0.1, 0.15) is 211 Å². The highest BCUT2D eigenvalue weighted by molar-refractivity contribution is 7.99. The fraction of sp³-hybridized carbons (Fsp3) is 0.717. The number of benzene rings is 2. The molecule has 1 aliphatic rings. The maximum absolute atomic E-state index is 13.8. The molecule has 0 heterocycles. The Morgan fingerprint density at radius 2 is 0.960 bits per heavy atom. The first-order chi connectivity index (χ1) is 36.3. The zero-order valence-corrected chi connectivity index (χ0v) is 47.1. The van der Waals surface area contributed by atoms with Gasteiger partial charge in [-0.2, -0.15) is 11.8 Å². The SMILES string of the molecule is CC(C)(C)OC(=O)NCCCOCCCCOCCCNC(=O)[C@H](CSC[C@H](CCCCCCCCCCCCC(=O)O)CCCCCCCCCCCC(=O)O)NC(=O)OCC1c2ccccc2-c2ccccc21. The van der Waals surface area contributed by atoms with Gasteiger partial charge in [0.25, 0.3) is 0 Å². The highest BCUT2D eigenvalue weighted by Crippen LogP contribution is 2.44. The first kappa shape index (κ1) is 64.9. The molecule has 1 aliphatic carbocycles. The van der Waals surface area contributed by atoms with Gasteiger partial charge in [-0.15, -0.1) is 0 Å². The van der Waals surface area contributed by atoms with Crippen molar-refractivity contribution in [3.05, 3.63) is 59.7 Å². The third-order valence-electron chi connectivity index (χ3n) is 13.6. The molecule has 2 atom stereocenters. The molecule has 0 saturated carbocycles. The van der Waals surface area contributed by atoms with Gasteiger partial charge in [-0.05, 0) is 106 Å². The van der Waals surface area contributed by atoms with Crippen molar-refractivity contribution in [3.8, 4) is 11.1 Å². The summed E-state index contributed by atoms with van der Waals surface area (Å²) in [5.41, 5.74) is 4.05. The van der Waals surface area contributed by atoms with Crippen molar-refractivity contribution in [1.82, 2.24) is 16.0 Å². The van der Waals surface area contributed by atoms with E-state index < -0.39 is 35.8 Å². The van der Waals surface area contributed by atoms with Crippen LogP contribution in [0.15, 0.2) is 48.5 Å². The van der Waals surface area contributed by atoms with Gasteiger partial charge in [-0.3, -0.25) is 14.4 Å². The Morgan fingerprint density at radius 1 is 0.533 bits per heavy atom. The number of rotatable bonds is 46. The average Bonchev–Trinajstić information content (AvgIpc) is 3.69. The number of unbranched alkanes of at least 4 members (excludes halogenated alkanes) is 18. The number of alkyl carbamates (subject to hydrolysis) is 2. The lowest BCUT2D eigenvalue weighted by molar-refractivity contribution is -0.138. The lowest BCUT2D eigenvalue weighted by Crippen LogP contribution is -2.49. The largest absolute Gasteiger partial charge is 0.481 e. The molecule has 3 rings (SSSR count). The van der Waals surface area contributed by atoms with E-state index in [-0.39, 0.29) is 31.3 Å². The van der Waals surface area contributed by atoms with Crippen molar-refractivity contribution >= 4 is 41.8 Å². The normalized spacial score (nSPS) is 12.9. The van der Waals surface area contributed by atoms with Gasteiger partial charge in [0.1, 0.15) is 18.2 Å². The van der Waals surface area contributed by atoms with Crippen molar-refractivity contribution in [2.24, 2.45) is 5.92 Å². The van der Waals surface area contributed by atoms with Crippen LogP contribution < -0.4 is 16.0 Å². The summed E-state index contributed by atoms with van der Waals surface area (Å²) in [5, 5.41) is 26.5. The highest BCUT2D eigenvalue weighted by atomic mass is 32.2. The number of hydrogen-bond donors (Lipinski definition) is 5. The summed E-state index contributed by atoms with van der Waals surface area (Å²) in [6, 6.07) is 15.7. The molecule has 0 saturated heterocycles. The molecule has 0 radical (unpaired) electrons. The summed E-state index contributed by atoms with van der Waals surface area (Å²) in [4.78, 5) is 60.7. The number of carbonyl (C=O) groups is 5. The van der Waals surface area contributed by atoms with Gasteiger partial charge in [0, 0.05) is 64.0 Å². The molecule has 3 amide bonds. The van der Waals surface area contributed by atoms with E-state index in [1.807, 2.05) is 45.0 Å². The minimum absolute atomic E-state index is 0.0878. The third-order valence-corrected chi connectivity index (χ3v) is 14.8. The molecular formula is C60H97N3O11S. The van der Waals surface area contributed by atoms with Crippen LogP contribution in [0, 0.1) is 5.92 Å². The van der Waals surface area contributed by atoms with E-state index >= 15 is 0 Å². The van der Waals surface area contributed by atoms with Crippen LogP contribution in [-0.2, 0) is 33.3 Å². The number of fused-ring (bicyclic) bond motifs is 3. The maximum atomic E-state index is 13.8. The minimum atomic E-state index is -0.762. The lowest BCUT2D eigenvalue weighted by atomic mass is 9.95. The molecule has 0 bridgehead atoms. The van der Waals surface area contributed by atoms with Crippen LogP contribution in [0.5, 0.6) is 0 Å². The van der Waals surface area contributed by atoms with E-state index in [9.17, 15) is 24.0 Å². The second kappa shape index (κ2) is 40.9. The monoisotopic (exact) mass is 1070 g/mol. The van der Waals surface area contributed by atoms with E-state index in [4.69, 9.17) is 29.2 Å². The Bertz CT molecular complexity index is 1830. The first-order valence-electron chi connectivity index (χ1n) is 28.9. The quantitative estimate of drug-likeness (QED) is 0.0394. The smallest absolute Gasteiger partial charge is 0.407 e. The minimum Gasteiger partial charge on any atom is -0.481 e. The van der Waals surface area contributed by atoms with Crippen LogP contribution in [0.4, 0.5) is 9.59 Å².